The van der Waals surface area contributed by atoms with E-state index in [0.29, 0.717) is 18.7 Å². The van der Waals surface area contributed by atoms with Crippen molar-refractivity contribution in [2.75, 3.05) is 26.7 Å². The predicted molar refractivity (Wildman–Crippen MR) is 119 cm³/mol. The van der Waals surface area contributed by atoms with E-state index in [1.54, 1.807) is 7.11 Å². The third kappa shape index (κ3) is 4.40. The van der Waals surface area contributed by atoms with Crippen LogP contribution in [-0.2, 0) is 13.0 Å². The number of rotatable bonds is 5. The highest BCUT2D eigenvalue weighted by molar-refractivity contribution is 5.94. The van der Waals surface area contributed by atoms with Crippen molar-refractivity contribution in [3.05, 3.63) is 53.2 Å². The number of benzene rings is 1. The Hall–Kier alpha value is -2.60. The zero-order valence-electron chi connectivity index (χ0n) is 18.3. The number of hydrogen-bond donors (Lipinski definition) is 0. The van der Waals surface area contributed by atoms with Gasteiger partial charge in [-0.05, 0) is 55.5 Å². The van der Waals surface area contributed by atoms with Gasteiger partial charge in [0.25, 0.3) is 5.91 Å². The summed E-state index contributed by atoms with van der Waals surface area (Å²) in [6, 6.07) is 12.2. The summed E-state index contributed by atoms with van der Waals surface area (Å²) in [5.74, 6) is 1.54. The maximum Gasteiger partial charge on any atom is 0.254 e. The summed E-state index contributed by atoms with van der Waals surface area (Å²) in [7, 11) is 1.63. The lowest BCUT2D eigenvalue weighted by atomic mass is 9.90. The van der Waals surface area contributed by atoms with Gasteiger partial charge in [-0.3, -0.25) is 4.79 Å². The van der Waals surface area contributed by atoms with E-state index in [2.05, 4.69) is 11.0 Å². The maximum atomic E-state index is 12.9. The molecule has 0 unspecified atom stereocenters. The number of aromatic nitrogens is 1. The van der Waals surface area contributed by atoms with Gasteiger partial charge in [0.2, 0.25) is 5.88 Å². The smallest absolute Gasteiger partial charge is 0.254 e. The molecule has 1 aliphatic carbocycles. The summed E-state index contributed by atoms with van der Waals surface area (Å²) in [6.07, 6.45) is 7.32. The summed E-state index contributed by atoms with van der Waals surface area (Å²) < 4.78 is 11.4. The molecule has 31 heavy (non-hydrogen) atoms. The Morgan fingerprint density at radius 1 is 1.00 bits per heavy atom. The molecule has 3 aliphatic rings. The van der Waals surface area contributed by atoms with Crippen molar-refractivity contribution in [3.8, 4) is 11.6 Å². The van der Waals surface area contributed by atoms with Crippen LogP contribution in [0.1, 0.15) is 53.7 Å². The quantitative estimate of drug-likeness (QED) is 0.737. The second kappa shape index (κ2) is 8.87. The molecular weight excluding hydrogens is 390 g/mol. The zero-order chi connectivity index (χ0) is 21.2. The molecule has 1 saturated heterocycles. The fourth-order valence-corrected chi connectivity index (χ4v) is 4.83. The molecule has 0 N–H and O–H groups in total. The highest BCUT2D eigenvalue weighted by Crippen LogP contribution is 2.29. The normalized spacial score (nSPS) is 20.1. The van der Waals surface area contributed by atoms with Crippen LogP contribution in [0.3, 0.4) is 0 Å². The van der Waals surface area contributed by atoms with Crippen LogP contribution in [0, 0.1) is 0 Å². The molecular formula is C25H31N3O3. The second-order valence-corrected chi connectivity index (χ2v) is 8.90. The molecule has 164 valence electrons. The number of fused-ring (bicyclic) bond motifs is 1. The monoisotopic (exact) mass is 421 g/mol. The van der Waals surface area contributed by atoms with E-state index in [-0.39, 0.29) is 12.0 Å². The molecule has 5 rings (SSSR count). The van der Waals surface area contributed by atoms with E-state index in [4.69, 9.17) is 14.5 Å². The minimum absolute atomic E-state index is 0.0480. The van der Waals surface area contributed by atoms with Gasteiger partial charge in [-0.2, -0.15) is 0 Å². The molecule has 3 heterocycles. The lowest BCUT2D eigenvalue weighted by Crippen LogP contribution is -2.46. The fraction of sp³-hybridized carbons (Fsp3) is 0.520. The molecule has 1 saturated carbocycles. The van der Waals surface area contributed by atoms with Gasteiger partial charge in [0.15, 0.2) is 0 Å². The van der Waals surface area contributed by atoms with Crippen LogP contribution < -0.4 is 9.47 Å². The summed E-state index contributed by atoms with van der Waals surface area (Å²) in [5.41, 5.74) is 2.86. The molecule has 2 aromatic rings. The number of nitrogens with zero attached hydrogens (tertiary/aromatic N) is 3. The molecule has 1 aromatic heterocycles. The molecule has 0 bridgehead atoms. The number of amides is 1. The van der Waals surface area contributed by atoms with Crippen LogP contribution >= 0.6 is 0 Å². The summed E-state index contributed by atoms with van der Waals surface area (Å²) in [4.78, 5) is 22.2. The molecule has 1 amide bonds. The first-order valence-electron chi connectivity index (χ1n) is 11.5. The predicted octanol–water partition coefficient (Wildman–Crippen LogP) is 3.68. The van der Waals surface area contributed by atoms with E-state index in [1.807, 2.05) is 35.2 Å². The van der Waals surface area contributed by atoms with E-state index < -0.39 is 0 Å². The van der Waals surface area contributed by atoms with E-state index in [0.717, 1.165) is 61.3 Å². The average molecular weight is 422 g/mol. The van der Waals surface area contributed by atoms with Gasteiger partial charge in [-0.25, -0.2) is 4.98 Å². The van der Waals surface area contributed by atoms with Crippen LogP contribution in [0.15, 0.2) is 36.4 Å². The molecule has 6 nitrogen and oxygen atoms in total. The molecule has 2 fully saturated rings. The summed E-state index contributed by atoms with van der Waals surface area (Å²) in [5, 5.41) is 0. The summed E-state index contributed by atoms with van der Waals surface area (Å²) >= 11 is 0. The van der Waals surface area contributed by atoms with Crippen LogP contribution in [0.5, 0.6) is 11.6 Å². The first kappa shape index (κ1) is 20.3. The third-order valence-electron chi connectivity index (χ3n) is 7.00. The number of carbonyl (C=O) groups is 1. The highest BCUT2D eigenvalue weighted by Gasteiger charge is 2.30. The van der Waals surface area contributed by atoms with E-state index in [1.165, 1.54) is 19.3 Å². The van der Waals surface area contributed by atoms with Crippen molar-refractivity contribution in [3.63, 3.8) is 0 Å². The maximum absolute atomic E-state index is 12.9. The minimum Gasteiger partial charge on any atom is -0.497 e. The second-order valence-electron chi connectivity index (χ2n) is 8.90. The number of methoxy groups -OCH3 is 1. The summed E-state index contributed by atoms with van der Waals surface area (Å²) in [6.45, 7) is 3.55. The van der Waals surface area contributed by atoms with E-state index >= 15 is 0 Å². The van der Waals surface area contributed by atoms with Crippen molar-refractivity contribution in [1.82, 2.24) is 14.8 Å². The Kier molecular flexibility index (Phi) is 5.81. The standard InChI is InChI=1S/C25H31N3O3/c1-30-21-8-5-18(6-9-21)25(29)28-16-13-23-19(17-28)7-10-24(26-23)31-22-11-14-27(15-12-22)20-3-2-4-20/h5-10,20,22H,2-4,11-17H2,1H3. The van der Waals surface area contributed by atoms with Crippen molar-refractivity contribution in [2.45, 2.75) is 57.2 Å². The van der Waals surface area contributed by atoms with Crippen molar-refractivity contribution >= 4 is 5.91 Å². The van der Waals surface area contributed by atoms with Gasteiger partial charge in [0, 0.05) is 50.3 Å². The van der Waals surface area contributed by atoms with Crippen molar-refractivity contribution in [1.29, 1.82) is 0 Å². The van der Waals surface area contributed by atoms with Crippen LogP contribution in [0.25, 0.3) is 0 Å². The topological polar surface area (TPSA) is 54.9 Å². The van der Waals surface area contributed by atoms with Crippen LogP contribution in [-0.4, -0.2) is 59.6 Å². The van der Waals surface area contributed by atoms with Gasteiger partial charge in [0.1, 0.15) is 11.9 Å². The third-order valence-corrected chi connectivity index (χ3v) is 7.00. The van der Waals surface area contributed by atoms with Crippen LogP contribution in [0.2, 0.25) is 0 Å². The minimum atomic E-state index is 0.0480. The van der Waals surface area contributed by atoms with Gasteiger partial charge in [-0.1, -0.05) is 12.5 Å². The largest absolute Gasteiger partial charge is 0.497 e. The van der Waals surface area contributed by atoms with Crippen LogP contribution in [0.4, 0.5) is 0 Å². The average Bonchev–Trinajstić information content (AvgIpc) is 2.78. The Morgan fingerprint density at radius 2 is 1.77 bits per heavy atom. The number of likely N-dealkylation sites (tertiary alicyclic amines) is 1. The molecule has 6 heteroatoms. The number of carbonyl (C=O) groups excluding carboxylic acids is 1. The van der Waals surface area contributed by atoms with Crippen molar-refractivity contribution in [2.24, 2.45) is 0 Å². The first-order valence-corrected chi connectivity index (χ1v) is 11.5. The number of pyridine rings is 1. The molecule has 0 atom stereocenters. The lowest BCUT2D eigenvalue weighted by Gasteiger charge is -2.41. The Labute approximate surface area is 184 Å². The van der Waals surface area contributed by atoms with Gasteiger partial charge in [0.05, 0.1) is 12.8 Å². The fourth-order valence-electron chi connectivity index (χ4n) is 4.83. The lowest BCUT2D eigenvalue weighted by molar-refractivity contribution is 0.0473. The number of piperidine rings is 1. The Bertz CT molecular complexity index is 918. The van der Waals surface area contributed by atoms with Gasteiger partial charge in [-0.15, -0.1) is 0 Å². The highest BCUT2D eigenvalue weighted by atomic mass is 16.5. The van der Waals surface area contributed by atoms with Gasteiger partial charge < -0.3 is 19.3 Å². The molecule has 0 spiro atoms. The Balaban J connectivity index is 1.18. The number of hydrogen-bond acceptors (Lipinski definition) is 5. The number of ether oxygens (including phenoxy) is 2. The molecule has 2 aliphatic heterocycles. The molecule has 1 aromatic carbocycles. The SMILES string of the molecule is COc1ccc(C(=O)N2CCc3nc(OC4CCN(C5CCC5)CC4)ccc3C2)cc1. The first-order chi connectivity index (χ1) is 15.2. The van der Waals surface area contributed by atoms with Gasteiger partial charge >= 0.3 is 0 Å². The van der Waals surface area contributed by atoms with E-state index in [9.17, 15) is 4.79 Å². The molecule has 0 radical (unpaired) electrons. The zero-order valence-corrected chi connectivity index (χ0v) is 18.3. The Morgan fingerprint density at radius 3 is 2.45 bits per heavy atom. The van der Waals surface area contributed by atoms with Crippen molar-refractivity contribution < 1.29 is 14.3 Å².